The predicted octanol–water partition coefficient (Wildman–Crippen LogP) is 2.16. The van der Waals surface area contributed by atoms with Gasteiger partial charge in [-0.2, -0.15) is 0 Å². The van der Waals surface area contributed by atoms with E-state index in [2.05, 4.69) is 15.4 Å². The number of aromatic nitrogens is 3. The zero-order chi connectivity index (χ0) is 17.8. The van der Waals surface area contributed by atoms with Crippen LogP contribution in [0.5, 0.6) is 0 Å². The topological polar surface area (TPSA) is 94.8 Å². The normalized spacial score (nSPS) is 11.6. The molecule has 0 aliphatic rings. The minimum absolute atomic E-state index is 0.190. The SMILES string of the molecule is Cc1cccc(Cn2cnc(-c3cc(/C(N)=C/NN)ccn3)c2)c1F. The molecule has 6 nitrogen and oxygen atoms in total. The highest BCUT2D eigenvalue weighted by atomic mass is 19.1. The van der Waals surface area contributed by atoms with Crippen LogP contribution in [0.2, 0.25) is 0 Å². The van der Waals surface area contributed by atoms with E-state index in [1.54, 1.807) is 37.6 Å². The molecule has 0 atom stereocenters. The van der Waals surface area contributed by atoms with Crippen molar-refractivity contribution in [3.63, 3.8) is 0 Å². The smallest absolute Gasteiger partial charge is 0.131 e. The molecule has 25 heavy (non-hydrogen) atoms. The van der Waals surface area contributed by atoms with Crippen molar-refractivity contribution in [3.8, 4) is 11.4 Å². The van der Waals surface area contributed by atoms with Gasteiger partial charge >= 0.3 is 0 Å². The van der Waals surface area contributed by atoms with Gasteiger partial charge in [0.2, 0.25) is 0 Å². The minimum atomic E-state index is -0.190. The Morgan fingerprint density at radius 3 is 2.92 bits per heavy atom. The van der Waals surface area contributed by atoms with E-state index >= 15 is 0 Å². The van der Waals surface area contributed by atoms with E-state index in [1.165, 1.54) is 6.20 Å². The zero-order valence-corrected chi connectivity index (χ0v) is 13.8. The summed E-state index contributed by atoms with van der Waals surface area (Å²) in [6, 6.07) is 8.97. The maximum absolute atomic E-state index is 14.1. The van der Waals surface area contributed by atoms with Gasteiger partial charge in [0.05, 0.1) is 24.3 Å². The number of hydrogen-bond acceptors (Lipinski definition) is 5. The number of hydrogen-bond donors (Lipinski definition) is 3. The molecule has 128 valence electrons. The molecule has 7 heteroatoms. The molecule has 0 saturated heterocycles. The van der Waals surface area contributed by atoms with Gasteiger partial charge in [0.1, 0.15) is 11.5 Å². The summed E-state index contributed by atoms with van der Waals surface area (Å²) >= 11 is 0. The van der Waals surface area contributed by atoms with Crippen molar-refractivity contribution in [1.82, 2.24) is 20.0 Å². The highest BCUT2D eigenvalue weighted by molar-refractivity contribution is 5.66. The van der Waals surface area contributed by atoms with E-state index < -0.39 is 0 Å². The lowest BCUT2D eigenvalue weighted by Crippen LogP contribution is -2.16. The number of benzene rings is 1. The summed E-state index contributed by atoms with van der Waals surface area (Å²) in [4.78, 5) is 8.68. The molecular formula is C18H19FN6. The molecule has 0 bridgehead atoms. The average molecular weight is 338 g/mol. The Balaban J connectivity index is 1.85. The Morgan fingerprint density at radius 1 is 1.28 bits per heavy atom. The molecule has 0 spiro atoms. The second-order valence-corrected chi connectivity index (χ2v) is 5.68. The highest BCUT2D eigenvalue weighted by Crippen LogP contribution is 2.19. The van der Waals surface area contributed by atoms with Gasteiger partial charge in [0.25, 0.3) is 0 Å². The van der Waals surface area contributed by atoms with E-state index in [0.29, 0.717) is 34.8 Å². The molecule has 1 aromatic carbocycles. The number of rotatable bonds is 5. The van der Waals surface area contributed by atoms with Crippen molar-refractivity contribution >= 4 is 5.70 Å². The van der Waals surface area contributed by atoms with Gasteiger partial charge in [0.15, 0.2) is 0 Å². The molecular weight excluding hydrogens is 319 g/mol. The van der Waals surface area contributed by atoms with Crippen LogP contribution in [0.15, 0.2) is 55.3 Å². The second kappa shape index (κ2) is 7.14. The first-order valence-electron chi connectivity index (χ1n) is 7.73. The number of hydrazine groups is 1. The maximum atomic E-state index is 14.1. The second-order valence-electron chi connectivity index (χ2n) is 5.68. The number of imidazole rings is 1. The Morgan fingerprint density at radius 2 is 2.12 bits per heavy atom. The highest BCUT2D eigenvalue weighted by Gasteiger charge is 2.09. The van der Waals surface area contributed by atoms with Crippen LogP contribution < -0.4 is 17.0 Å². The van der Waals surface area contributed by atoms with Crippen molar-refractivity contribution in [1.29, 1.82) is 0 Å². The maximum Gasteiger partial charge on any atom is 0.131 e. The van der Waals surface area contributed by atoms with Crippen molar-refractivity contribution in [2.24, 2.45) is 11.6 Å². The third-order valence-corrected chi connectivity index (χ3v) is 3.85. The van der Waals surface area contributed by atoms with Crippen molar-refractivity contribution < 1.29 is 4.39 Å². The molecule has 0 saturated carbocycles. The first-order valence-corrected chi connectivity index (χ1v) is 7.73. The van der Waals surface area contributed by atoms with Crippen molar-refractivity contribution in [2.75, 3.05) is 0 Å². The molecule has 3 rings (SSSR count). The fourth-order valence-electron chi connectivity index (χ4n) is 2.53. The first kappa shape index (κ1) is 16.7. The number of nitrogens with two attached hydrogens (primary N) is 2. The quantitative estimate of drug-likeness (QED) is 0.489. The van der Waals surface area contributed by atoms with Gasteiger partial charge < -0.3 is 15.7 Å². The van der Waals surface area contributed by atoms with Crippen LogP contribution in [0.4, 0.5) is 4.39 Å². The largest absolute Gasteiger partial charge is 0.397 e. The summed E-state index contributed by atoms with van der Waals surface area (Å²) < 4.78 is 16.0. The number of aryl methyl sites for hydroxylation is 1. The average Bonchev–Trinajstić information content (AvgIpc) is 3.08. The number of nitrogens with zero attached hydrogens (tertiary/aromatic N) is 3. The van der Waals surface area contributed by atoms with E-state index in [0.717, 1.165) is 5.56 Å². The van der Waals surface area contributed by atoms with Crippen LogP contribution in [-0.4, -0.2) is 14.5 Å². The lowest BCUT2D eigenvalue weighted by atomic mass is 10.1. The molecule has 0 aliphatic heterocycles. The fraction of sp³-hybridized carbons (Fsp3) is 0.111. The Kier molecular flexibility index (Phi) is 4.76. The summed E-state index contributed by atoms with van der Waals surface area (Å²) in [7, 11) is 0. The van der Waals surface area contributed by atoms with Gasteiger partial charge in [-0.3, -0.25) is 10.8 Å². The molecule has 2 aromatic heterocycles. The molecule has 0 fully saturated rings. The molecule has 0 aliphatic carbocycles. The lowest BCUT2D eigenvalue weighted by molar-refractivity contribution is 0.591. The van der Waals surface area contributed by atoms with Crippen LogP contribution in [0, 0.1) is 12.7 Å². The summed E-state index contributed by atoms with van der Waals surface area (Å²) in [6.45, 7) is 2.15. The van der Waals surface area contributed by atoms with E-state index in [4.69, 9.17) is 11.6 Å². The van der Waals surface area contributed by atoms with Crippen molar-refractivity contribution in [3.05, 3.63) is 77.8 Å². The van der Waals surface area contributed by atoms with Crippen LogP contribution in [0.1, 0.15) is 16.7 Å². The molecule has 0 amide bonds. The van der Waals surface area contributed by atoms with Crippen LogP contribution in [0.25, 0.3) is 17.1 Å². The Bertz CT molecular complexity index is 915. The van der Waals surface area contributed by atoms with Gasteiger partial charge in [-0.05, 0) is 24.6 Å². The van der Waals surface area contributed by atoms with Crippen LogP contribution in [0.3, 0.4) is 0 Å². The molecule has 2 heterocycles. The lowest BCUT2D eigenvalue weighted by Gasteiger charge is -2.06. The zero-order valence-electron chi connectivity index (χ0n) is 13.8. The van der Waals surface area contributed by atoms with E-state index in [1.807, 2.05) is 22.9 Å². The Labute approximate surface area is 145 Å². The summed E-state index contributed by atoms with van der Waals surface area (Å²) in [5.41, 5.74) is 12.2. The number of halogens is 1. The number of nitrogens with one attached hydrogen (secondary N) is 1. The Hall–Kier alpha value is -3.19. The molecule has 3 aromatic rings. The van der Waals surface area contributed by atoms with Gasteiger partial charge in [0, 0.05) is 29.7 Å². The minimum Gasteiger partial charge on any atom is -0.397 e. The monoisotopic (exact) mass is 338 g/mol. The van der Waals surface area contributed by atoms with Crippen molar-refractivity contribution in [2.45, 2.75) is 13.5 Å². The van der Waals surface area contributed by atoms with Gasteiger partial charge in [-0.15, -0.1) is 0 Å². The van der Waals surface area contributed by atoms with Crippen LogP contribution in [-0.2, 0) is 6.54 Å². The third-order valence-electron chi connectivity index (χ3n) is 3.85. The third kappa shape index (κ3) is 3.67. The molecule has 5 N–H and O–H groups in total. The van der Waals surface area contributed by atoms with Crippen LogP contribution >= 0.6 is 0 Å². The predicted molar refractivity (Wildman–Crippen MR) is 95.2 cm³/mol. The first-order chi connectivity index (χ1) is 12.1. The molecule has 0 radical (unpaired) electrons. The summed E-state index contributed by atoms with van der Waals surface area (Å²) in [5.74, 6) is 5.06. The summed E-state index contributed by atoms with van der Waals surface area (Å²) in [6.07, 6.45) is 6.64. The van der Waals surface area contributed by atoms with Gasteiger partial charge in [-0.1, -0.05) is 18.2 Å². The van der Waals surface area contributed by atoms with Gasteiger partial charge in [-0.25, -0.2) is 9.37 Å². The van der Waals surface area contributed by atoms with E-state index in [9.17, 15) is 4.39 Å². The fourth-order valence-corrected chi connectivity index (χ4v) is 2.53. The standard InChI is InChI=1S/C18H19FN6/c1-12-3-2-4-14(18(12)19)9-25-10-17(23-11-25)16-7-13(5-6-22-16)15(20)8-24-21/h2-8,10-11,24H,9,20-21H2,1H3/b15-8-. The summed E-state index contributed by atoms with van der Waals surface area (Å²) in [5, 5.41) is 0. The van der Waals surface area contributed by atoms with E-state index in [-0.39, 0.29) is 5.82 Å². The molecule has 0 unspecified atom stereocenters. The number of pyridine rings is 1.